The largest absolute Gasteiger partial charge is 0.353 e. The number of ether oxygens (including phenoxy) is 2. The minimum atomic E-state index is -0.596. The smallest absolute Gasteiger partial charge is 0.242 e. The van der Waals surface area contributed by atoms with Gasteiger partial charge in [0.25, 0.3) is 0 Å². The molecule has 2 fully saturated rings. The zero-order valence-corrected chi connectivity index (χ0v) is 13.2. The van der Waals surface area contributed by atoms with Crippen LogP contribution in [-0.2, 0) is 14.3 Å². The highest BCUT2D eigenvalue weighted by Crippen LogP contribution is 2.25. The van der Waals surface area contributed by atoms with E-state index in [1.54, 1.807) is 18.2 Å². The fourth-order valence-electron chi connectivity index (χ4n) is 3.13. The Labute approximate surface area is 135 Å². The SMILES string of the molecule is O=C1NCCN(CCO[C@H]2CCCCO2)[C@H]1c1ccccc1F. The molecule has 2 saturated heterocycles. The van der Waals surface area contributed by atoms with Crippen LogP contribution in [0.4, 0.5) is 4.39 Å². The van der Waals surface area contributed by atoms with Crippen molar-refractivity contribution in [1.29, 1.82) is 0 Å². The monoisotopic (exact) mass is 322 g/mol. The number of nitrogens with one attached hydrogen (secondary N) is 1. The van der Waals surface area contributed by atoms with Gasteiger partial charge in [0.05, 0.1) is 6.61 Å². The standard InChI is InChI=1S/C17H23FN2O3/c18-14-6-2-1-5-13(14)16-17(21)19-8-9-20(16)10-12-23-15-7-3-4-11-22-15/h1-2,5-6,15-16H,3-4,7-12H2,(H,19,21)/t15-,16-/m0/s1. The molecule has 6 heteroatoms. The second-order valence-electron chi connectivity index (χ2n) is 5.92. The molecule has 1 N–H and O–H groups in total. The van der Waals surface area contributed by atoms with Crippen molar-refractivity contribution in [3.63, 3.8) is 0 Å². The van der Waals surface area contributed by atoms with Crippen molar-refractivity contribution in [2.75, 3.05) is 32.8 Å². The van der Waals surface area contributed by atoms with E-state index >= 15 is 0 Å². The lowest BCUT2D eigenvalue weighted by Gasteiger charge is -2.35. The summed E-state index contributed by atoms with van der Waals surface area (Å²) in [6.07, 6.45) is 2.97. The number of piperazine rings is 1. The molecule has 0 aliphatic carbocycles. The van der Waals surface area contributed by atoms with Crippen molar-refractivity contribution < 1.29 is 18.7 Å². The molecule has 1 aromatic rings. The highest BCUT2D eigenvalue weighted by molar-refractivity contribution is 5.84. The van der Waals surface area contributed by atoms with E-state index in [0.29, 0.717) is 31.8 Å². The van der Waals surface area contributed by atoms with E-state index in [2.05, 4.69) is 5.32 Å². The number of benzene rings is 1. The van der Waals surface area contributed by atoms with Crippen LogP contribution in [0.1, 0.15) is 30.9 Å². The third-order valence-corrected chi connectivity index (χ3v) is 4.33. The Morgan fingerprint density at radius 2 is 2.22 bits per heavy atom. The van der Waals surface area contributed by atoms with Crippen LogP contribution in [0.3, 0.4) is 0 Å². The first-order chi connectivity index (χ1) is 11.3. The van der Waals surface area contributed by atoms with Crippen LogP contribution >= 0.6 is 0 Å². The second-order valence-corrected chi connectivity index (χ2v) is 5.92. The molecule has 2 atom stereocenters. The van der Waals surface area contributed by atoms with Gasteiger partial charge >= 0.3 is 0 Å². The molecule has 0 unspecified atom stereocenters. The van der Waals surface area contributed by atoms with Gasteiger partial charge in [-0.15, -0.1) is 0 Å². The van der Waals surface area contributed by atoms with Gasteiger partial charge in [0.15, 0.2) is 6.29 Å². The number of hydrogen-bond donors (Lipinski definition) is 1. The van der Waals surface area contributed by atoms with E-state index in [0.717, 1.165) is 25.9 Å². The van der Waals surface area contributed by atoms with E-state index in [4.69, 9.17) is 9.47 Å². The first-order valence-corrected chi connectivity index (χ1v) is 8.25. The van der Waals surface area contributed by atoms with Gasteiger partial charge < -0.3 is 14.8 Å². The highest BCUT2D eigenvalue weighted by Gasteiger charge is 2.32. The molecule has 2 aliphatic heterocycles. The fraction of sp³-hybridized carbons (Fsp3) is 0.588. The van der Waals surface area contributed by atoms with E-state index in [-0.39, 0.29) is 18.0 Å². The molecule has 0 radical (unpaired) electrons. The summed E-state index contributed by atoms with van der Waals surface area (Å²) in [5, 5.41) is 2.81. The molecule has 0 bridgehead atoms. The van der Waals surface area contributed by atoms with Gasteiger partial charge in [0.2, 0.25) is 5.91 Å². The summed E-state index contributed by atoms with van der Waals surface area (Å²) in [5.74, 6) is -0.508. The first kappa shape index (κ1) is 16.4. The van der Waals surface area contributed by atoms with Crippen molar-refractivity contribution >= 4 is 5.91 Å². The van der Waals surface area contributed by atoms with Crippen molar-refractivity contribution in [3.05, 3.63) is 35.6 Å². The topological polar surface area (TPSA) is 50.8 Å². The summed E-state index contributed by atoms with van der Waals surface area (Å²) < 4.78 is 25.4. The van der Waals surface area contributed by atoms with Gasteiger partial charge in [-0.1, -0.05) is 18.2 Å². The maximum atomic E-state index is 14.1. The number of nitrogens with zero attached hydrogens (tertiary/aromatic N) is 1. The fourth-order valence-corrected chi connectivity index (χ4v) is 3.13. The second kappa shape index (κ2) is 7.86. The number of halogens is 1. The van der Waals surface area contributed by atoms with Gasteiger partial charge in [-0.25, -0.2) is 4.39 Å². The van der Waals surface area contributed by atoms with Crippen LogP contribution in [0, 0.1) is 5.82 Å². The minimum Gasteiger partial charge on any atom is -0.353 e. The summed E-state index contributed by atoms with van der Waals surface area (Å²) in [7, 11) is 0. The van der Waals surface area contributed by atoms with E-state index in [9.17, 15) is 9.18 Å². The molecule has 126 valence electrons. The molecule has 1 amide bonds. The minimum absolute atomic E-state index is 0.144. The predicted octanol–water partition coefficient (Wildman–Crippen LogP) is 1.84. The zero-order valence-electron chi connectivity index (χ0n) is 13.2. The van der Waals surface area contributed by atoms with Crippen molar-refractivity contribution in [2.24, 2.45) is 0 Å². The molecular weight excluding hydrogens is 299 g/mol. The van der Waals surface area contributed by atoms with E-state index in [1.165, 1.54) is 6.07 Å². The maximum Gasteiger partial charge on any atom is 0.242 e. The molecule has 0 saturated carbocycles. The van der Waals surface area contributed by atoms with Crippen LogP contribution < -0.4 is 5.32 Å². The Kier molecular flexibility index (Phi) is 5.59. The molecular formula is C17H23FN2O3. The maximum absolute atomic E-state index is 14.1. The van der Waals surface area contributed by atoms with Crippen LogP contribution in [0.15, 0.2) is 24.3 Å². The molecule has 0 spiro atoms. The van der Waals surface area contributed by atoms with Crippen molar-refractivity contribution in [3.8, 4) is 0 Å². The molecule has 1 aromatic carbocycles. The van der Waals surface area contributed by atoms with Crippen LogP contribution in [0.2, 0.25) is 0 Å². The Hall–Kier alpha value is -1.50. The van der Waals surface area contributed by atoms with E-state index in [1.807, 2.05) is 4.90 Å². The van der Waals surface area contributed by atoms with E-state index < -0.39 is 6.04 Å². The van der Waals surface area contributed by atoms with Gasteiger partial charge in [0.1, 0.15) is 11.9 Å². The molecule has 5 nitrogen and oxygen atoms in total. The summed E-state index contributed by atoms with van der Waals surface area (Å²) >= 11 is 0. The number of carbonyl (C=O) groups excluding carboxylic acids is 1. The van der Waals surface area contributed by atoms with Crippen molar-refractivity contribution in [1.82, 2.24) is 10.2 Å². The number of hydrogen-bond acceptors (Lipinski definition) is 4. The van der Waals surface area contributed by atoms with Crippen LogP contribution in [0.25, 0.3) is 0 Å². The van der Waals surface area contributed by atoms with Gasteiger partial charge in [-0.2, -0.15) is 0 Å². The van der Waals surface area contributed by atoms with Crippen LogP contribution in [-0.4, -0.2) is 49.9 Å². The Morgan fingerprint density at radius 1 is 1.35 bits per heavy atom. The molecule has 3 rings (SSSR count). The third-order valence-electron chi connectivity index (χ3n) is 4.33. The Bertz CT molecular complexity index is 534. The highest BCUT2D eigenvalue weighted by atomic mass is 19.1. The van der Waals surface area contributed by atoms with Gasteiger partial charge in [-0.3, -0.25) is 9.69 Å². The molecule has 2 heterocycles. The quantitative estimate of drug-likeness (QED) is 0.899. The average Bonchev–Trinajstić information content (AvgIpc) is 2.57. The van der Waals surface area contributed by atoms with Gasteiger partial charge in [0, 0.05) is 31.8 Å². The summed E-state index contributed by atoms with van der Waals surface area (Å²) in [6.45, 7) is 3.05. The molecule has 23 heavy (non-hydrogen) atoms. The number of rotatable bonds is 5. The number of carbonyl (C=O) groups is 1. The van der Waals surface area contributed by atoms with Crippen LogP contribution in [0.5, 0.6) is 0 Å². The molecule has 0 aromatic heterocycles. The summed E-state index contributed by atoms with van der Waals surface area (Å²) in [4.78, 5) is 14.2. The zero-order chi connectivity index (χ0) is 16.1. The molecule has 2 aliphatic rings. The Morgan fingerprint density at radius 3 is 3.00 bits per heavy atom. The normalized spacial score (nSPS) is 26.0. The lowest BCUT2D eigenvalue weighted by Crippen LogP contribution is -2.51. The Balaban J connectivity index is 1.61. The average molecular weight is 322 g/mol. The lowest BCUT2D eigenvalue weighted by molar-refractivity contribution is -0.165. The summed E-state index contributed by atoms with van der Waals surface area (Å²) in [5.41, 5.74) is 0.415. The lowest BCUT2D eigenvalue weighted by atomic mass is 10.0. The number of amides is 1. The van der Waals surface area contributed by atoms with Crippen molar-refractivity contribution in [2.45, 2.75) is 31.6 Å². The van der Waals surface area contributed by atoms with Gasteiger partial charge in [-0.05, 0) is 25.3 Å². The summed E-state index contributed by atoms with van der Waals surface area (Å²) in [6, 6.07) is 5.85. The predicted molar refractivity (Wildman–Crippen MR) is 83.3 cm³/mol. The first-order valence-electron chi connectivity index (χ1n) is 8.25. The third kappa shape index (κ3) is 4.07.